The van der Waals surface area contributed by atoms with Gasteiger partial charge in [-0.15, -0.1) is 13.2 Å². The van der Waals surface area contributed by atoms with E-state index < -0.39 is 25.0 Å². The van der Waals surface area contributed by atoms with Gasteiger partial charge < -0.3 is 5.11 Å². The first-order valence-electron chi connectivity index (χ1n) is 5.69. The van der Waals surface area contributed by atoms with Crippen molar-refractivity contribution in [2.45, 2.75) is 19.3 Å². The molecule has 1 rings (SSSR count). The highest BCUT2D eigenvalue weighted by Gasteiger charge is 2.30. The molecule has 0 radical (unpaired) electrons. The van der Waals surface area contributed by atoms with Crippen LogP contribution in [0.3, 0.4) is 0 Å². The lowest BCUT2D eigenvalue weighted by Crippen LogP contribution is -2.52. The van der Waals surface area contributed by atoms with Crippen molar-refractivity contribution >= 4 is 5.97 Å². The topological polar surface area (TPSA) is 53.0 Å². The number of rotatable bonds is 5. The quantitative estimate of drug-likeness (QED) is 0.793. The Hall–Kier alpha value is -0.860. The van der Waals surface area contributed by atoms with Crippen LogP contribution in [-0.4, -0.2) is 72.6 Å². The number of halogens is 3. The van der Waals surface area contributed by atoms with Crippen molar-refractivity contribution in [1.82, 2.24) is 9.80 Å². The zero-order valence-corrected chi connectivity index (χ0v) is 10.1. The van der Waals surface area contributed by atoms with Crippen LogP contribution < -0.4 is 0 Å². The molecule has 0 spiro atoms. The maximum absolute atomic E-state index is 11.8. The van der Waals surface area contributed by atoms with E-state index in [0.717, 1.165) is 0 Å². The summed E-state index contributed by atoms with van der Waals surface area (Å²) in [6.45, 7) is 3.61. The Morgan fingerprint density at radius 1 is 1.33 bits per heavy atom. The monoisotopic (exact) mass is 270 g/mol. The molecule has 1 unspecified atom stereocenters. The molecule has 0 amide bonds. The number of alkyl halides is 3. The van der Waals surface area contributed by atoms with E-state index in [1.807, 2.05) is 4.90 Å². The maximum Gasteiger partial charge on any atom is 0.522 e. The molecular weight excluding hydrogens is 253 g/mol. The predicted molar refractivity (Wildman–Crippen MR) is 57.1 cm³/mol. The smallest absolute Gasteiger partial charge is 0.480 e. The second-order valence-electron chi connectivity index (χ2n) is 4.19. The summed E-state index contributed by atoms with van der Waals surface area (Å²) >= 11 is 0. The standard InChI is InChI=1S/C10H17F3N2O3/c1-8(9(16)17)15-4-2-14(3-5-15)6-7-18-10(11,12)13/h8H,2-7H2,1H3,(H,16,17). The largest absolute Gasteiger partial charge is 0.522 e. The fourth-order valence-corrected chi connectivity index (χ4v) is 1.82. The SMILES string of the molecule is CC(C(=O)O)N1CCN(CCOC(F)(F)F)CC1. The lowest BCUT2D eigenvalue weighted by molar-refractivity contribution is -0.325. The van der Waals surface area contributed by atoms with E-state index in [2.05, 4.69) is 4.74 Å². The molecule has 0 aromatic carbocycles. The Labute approximate surface area is 103 Å². The molecular formula is C10H17F3N2O3. The number of piperazine rings is 1. The van der Waals surface area contributed by atoms with Crippen LogP contribution in [0.25, 0.3) is 0 Å². The molecule has 1 aliphatic rings. The average Bonchev–Trinajstić information content (AvgIpc) is 2.27. The normalized spacial score (nSPS) is 20.9. The number of carboxylic acids is 1. The van der Waals surface area contributed by atoms with E-state index in [4.69, 9.17) is 5.11 Å². The first-order valence-corrected chi connectivity index (χ1v) is 5.69. The van der Waals surface area contributed by atoms with Gasteiger partial charge >= 0.3 is 12.3 Å². The zero-order valence-electron chi connectivity index (χ0n) is 10.1. The van der Waals surface area contributed by atoms with Crippen molar-refractivity contribution in [3.8, 4) is 0 Å². The molecule has 106 valence electrons. The van der Waals surface area contributed by atoms with Crippen molar-refractivity contribution in [3.05, 3.63) is 0 Å². The Kier molecular flexibility index (Phi) is 5.36. The van der Waals surface area contributed by atoms with E-state index >= 15 is 0 Å². The molecule has 5 nitrogen and oxygen atoms in total. The average molecular weight is 270 g/mol. The number of aliphatic carboxylic acids is 1. The Balaban J connectivity index is 2.21. The highest BCUT2D eigenvalue weighted by Crippen LogP contribution is 2.16. The van der Waals surface area contributed by atoms with E-state index in [1.165, 1.54) is 0 Å². The molecule has 0 aromatic rings. The summed E-state index contributed by atoms with van der Waals surface area (Å²) in [7, 11) is 0. The van der Waals surface area contributed by atoms with Gasteiger partial charge in [0.1, 0.15) is 6.04 Å². The Bertz CT molecular complexity index is 278. The van der Waals surface area contributed by atoms with Gasteiger partial charge in [0.25, 0.3) is 0 Å². The fraction of sp³-hybridized carbons (Fsp3) is 0.900. The van der Waals surface area contributed by atoms with Crippen molar-refractivity contribution in [1.29, 1.82) is 0 Å². The maximum atomic E-state index is 11.8. The van der Waals surface area contributed by atoms with Gasteiger partial charge in [-0.2, -0.15) is 0 Å². The number of ether oxygens (including phenoxy) is 1. The van der Waals surface area contributed by atoms with Gasteiger partial charge in [0.05, 0.1) is 6.61 Å². The summed E-state index contributed by atoms with van der Waals surface area (Å²) in [6.07, 6.45) is -4.58. The number of hydrogen-bond donors (Lipinski definition) is 1. The van der Waals surface area contributed by atoms with Crippen LogP contribution in [0.2, 0.25) is 0 Å². The van der Waals surface area contributed by atoms with Crippen molar-refractivity contribution in [3.63, 3.8) is 0 Å². The minimum absolute atomic E-state index is 0.203. The number of hydrogen-bond acceptors (Lipinski definition) is 4. The highest BCUT2D eigenvalue weighted by molar-refractivity contribution is 5.72. The number of nitrogens with zero attached hydrogens (tertiary/aromatic N) is 2. The first kappa shape index (κ1) is 15.2. The molecule has 1 atom stereocenters. The predicted octanol–water partition coefficient (Wildman–Crippen LogP) is 0.614. The van der Waals surface area contributed by atoms with Gasteiger partial charge in [0.15, 0.2) is 0 Å². The van der Waals surface area contributed by atoms with E-state index in [-0.39, 0.29) is 6.54 Å². The first-order chi connectivity index (χ1) is 8.29. The van der Waals surface area contributed by atoms with Crippen molar-refractivity contribution in [2.24, 2.45) is 0 Å². The fourth-order valence-electron chi connectivity index (χ4n) is 1.82. The summed E-state index contributed by atoms with van der Waals surface area (Å²) in [5, 5.41) is 8.83. The molecule has 1 saturated heterocycles. The van der Waals surface area contributed by atoms with Gasteiger partial charge in [-0.1, -0.05) is 0 Å². The van der Waals surface area contributed by atoms with E-state index in [0.29, 0.717) is 26.2 Å². The lowest BCUT2D eigenvalue weighted by atomic mass is 10.2. The summed E-state index contributed by atoms with van der Waals surface area (Å²) in [4.78, 5) is 14.4. The molecule has 0 bridgehead atoms. The van der Waals surface area contributed by atoms with Crippen LogP contribution in [0, 0.1) is 0 Å². The zero-order chi connectivity index (χ0) is 13.8. The molecule has 1 heterocycles. The van der Waals surface area contributed by atoms with Gasteiger partial charge in [-0.25, -0.2) is 0 Å². The molecule has 0 aromatic heterocycles. The summed E-state index contributed by atoms with van der Waals surface area (Å²) < 4.78 is 39.0. The van der Waals surface area contributed by atoms with Crippen molar-refractivity contribution in [2.75, 3.05) is 39.3 Å². The number of carboxylic acid groups (broad SMARTS) is 1. The minimum atomic E-state index is -4.58. The second-order valence-corrected chi connectivity index (χ2v) is 4.19. The van der Waals surface area contributed by atoms with Gasteiger partial charge in [0, 0.05) is 32.7 Å². The van der Waals surface area contributed by atoms with Gasteiger partial charge in [-0.3, -0.25) is 19.3 Å². The number of carbonyl (C=O) groups is 1. The van der Waals surface area contributed by atoms with Crippen LogP contribution in [0.5, 0.6) is 0 Å². The third-order valence-electron chi connectivity index (χ3n) is 2.99. The summed E-state index contributed by atoms with van der Waals surface area (Å²) in [5.74, 6) is -0.885. The van der Waals surface area contributed by atoms with Gasteiger partial charge in [0.2, 0.25) is 0 Å². The van der Waals surface area contributed by atoms with Crippen LogP contribution in [0.15, 0.2) is 0 Å². The molecule has 0 aliphatic carbocycles. The Morgan fingerprint density at radius 2 is 1.89 bits per heavy atom. The lowest BCUT2D eigenvalue weighted by Gasteiger charge is -2.36. The van der Waals surface area contributed by atoms with Crippen LogP contribution in [-0.2, 0) is 9.53 Å². The summed E-state index contributed by atoms with van der Waals surface area (Å²) in [5.41, 5.74) is 0. The highest BCUT2D eigenvalue weighted by atomic mass is 19.4. The third-order valence-corrected chi connectivity index (χ3v) is 2.99. The van der Waals surface area contributed by atoms with Crippen molar-refractivity contribution < 1.29 is 27.8 Å². The third kappa shape index (κ3) is 5.19. The molecule has 8 heteroatoms. The molecule has 1 aliphatic heterocycles. The molecule has 0 saturated carbocycles. The van der Waals surface area contributed by atoms with E-state index in [9.17, 15) is 18.0 Å². The minimum Gasteiger partial charge on any atom is -0.480 e. The van der Waals surface area contributed by atoms with Crippen LogP contribution in [0.4, 0.5) is 13.2 Å². The van der Waals surface area contributed by atoms with E-state index in [1.54, 1.807) is 11.8 Å². The molecule has 18 heavy (non-hydrogen) atoms. The molecule has 1 fully saturated rings. The molecule has 1 N–H and O–H groups in total. The van der Waals surface area contributed by atoms with Crippen LogP contribution >= 0.6 is 0 Å². The summed E-state index contributed by atoms with van der Waals surface area (Å²) in [6, 6.07) is -0.557. The van der Waals surface area contributed by atoms with Gasteiger partial charge in [-0.05, 0) is 6.92 Å². The second kappa shape index (κ2) is 6.35. The Morgan fingerprint density at radius 3 is 2.33 bits per heavy atom. The van der Waals surface area contributed by atoms with Crippen LogP contribution in [0.1, 0.15) is 6.92 Å².